The number of carbonyl (C=O) groups excluding carboxylic acids is 1. The summed E-state index contributed by atoms with van der Waals surface area (Å²) >= 11 is 1.49. The fourth-order valence-electron chi connectivity index (χ4n) is 4.10. The van der Waals surface area contributed by atoms with Crippen LogP contribution in [0.5, 0.6) is 0 Å². The molecule has 150 valence electrons. The lowest BCUT2D eigenvalue weighted by Crippen LogP contribution is -2.31. The van der Waals surface area contributed by atoms with Gasteiger partial charge in [-0.1, -0.05) is 42.5 Å². The second kappa shape index (κ2) is 7.88. The molecule has 1 unspecified atom stereocenters. The summed E-state index contributed by atoms with van der Waals surface area (Å²) in [5.74, 6) is 0.0127. The molecule has 1 fully saturated rings. The van der Waals surface area contributed by atoms with Crippen molar-refractivity contribution in [2.45, 2.75) is 25.8 Å². The number of amides is 1. The third-order valence-electron chi connectivity index (χ3n) is 5.63. The Balaban J connectivity index is 1.38. The Bertz CT molecular complexity index is 1180. The molecule has 30 heavy (non-hydrogen) atoms. The molecule has 2 aromatic heterocycles. The van der Waals surface area contributed by atoms with Crippen LogP contribution >= 0.6 is 11.3 Å². The van der Waals surface area contributed by atoms with E-state index in [1.54, 1.807) is 6.20 Å². The van der Waals surface area contributed by atoms with Gasteiger partial charge in [-0.25, -0.2) is 9.67 Å². The van der Waals surface area contributed by atoms with E-state index in [1.807, 2.05) is 57.6 Å². The van der Waals surface area contributed by atoms with Crippen LogP contribution in [0.4, 0.5) is 0 Å². The number of rotatable bonds is 4. The highest BCUT2D eigenvalue weighted by Gasteiger charge is 2.32. The van der Waals surface area contributed by atoms with Crippen molar-refractivity contribution in [1.82, 2.24) is 19.7 Å². The van der Waals surface area contributed by atoms with Crippen molar-refractivity contribution in [1.29, 1.82) is 0 Å². The van der Waals surface area contributed by atoms with E-state index in [1.165, 1.54) is 22.5 Å². The third kappa shape index (κ3) is 3.44. The average Bonchev–Trinajstić information content (AvgIpc) is 3.54. The van der Waals surface area contributed by atoms with Gasteiger partial charge in [0.05, 0.1) is 17.9 Å². The van der Waals surface area contributed by atoms with E-state index < -0.39 is 0 Å². The number of aromatic nitrogens is 3. The topological polar surface area (TPSA) is 51.0 Å². The average molecular weight is 415 g/mol. The highest BCUT2D eigenvalue weighted by molar-refractivity contribution is 7.13. The molecule has 0 radical (unpaired) electrons. The highest BCUT2D eigenvalue weighted by Crippen LogP contribution is 2.35. The van der Waals surface area contributed by atoms with Crippen molar-refractivity contribution in [3.8, 4) is 16.3 Å². The molecular formula is C24H22N4OS. The number of hydrogen-bond donors (Lipinski definition) is 0. The Morgan fingerprint density at radius 2 is 1.90 bits per heavy atom. The van der Waals surface area contributed by atoms with E-state index in [0.29, 0.717) is 5.69 Å². The standard InChI is InChI=1S/C24H22N4OS/c1-17-8-5-6-11-20(17)22-12-7-13-27(22)24(29)21-16-30-23(26-21)18-14-25-28(15-18)19-9-3-2-4-10-19/h2-6,8-11,14-16,22H,7,12-13H2,1H3. The molecule has 4 aromatic rings. The number of carbonyl (C=O) groups is 1. The predicted octanol–water partition coefficient (Wildman–Crippen LogP) is 5.28. The van der Waals surface area contributed by atoms with E-state index in [4.69, 9.17) is 0 Å². The molecule has 1 atom stereocenters. The maximum absolute atomic E-state index is 13.3. The first-order valence-electron chi connectivity index (χ1n) is 10.1. The van der Waals surface area contributed by atoms with Gasteiger partial charge < -0.3 is 4.90 Å². The maximum Gasteiger partial charge on any atom is 0.273 e. The van der Waals surface area contributed by atoms with Gasteiger partial charge in [0.15, 0.2) is 0 Å². The number of para-hydroxylation sites is 1. The molecule has 1 amide bonds. The van der Waals surface area contributed by atoms with E-state index in [-0.39, 0.29) is 11.9 Å². The SMILES string of the molecule is Cc1ccccc1C1CCCN1C(=O)c1csc(-c2cnn(-c3ccccc3)c2)n1. The Hall–Kier alpha value is -3.25. The van der Waals surface area contributed by atoms with Crippen LogP contribution in [0.2, 0.25) is 0 Å². The van der Waals surface area contributed by atoms with Crippen molar-refractivity contribution in [3.63, 3.8) is 0 Å². The van der Waals surface area contributed by atoms with Crippen LogP contribution in [-0.2, 0) is 0 Å². The summed E-state index contributed by atoms with van der Waals surface area (Å²) in [5, 5.41) is 7.12. The van der Waals surface area contributed by atoms with Crippen LogP contribution in [0.25, 0.3) is 16.3 Å². The highest BCUT2D eigenvalue weighted by atomic mass is 32.1. The molecular weight excluding hydrogens is 392 g/mol. The van der Waals surface area contributed by atoms with Gasteiger partial charge in [0.2, 0.25) is 0 Å². The van der Waals surface area contributed by atoms with Crippen LogP contribution in [-0.4, -0.2) is 32.1 Å². The smallest absolute Gasteiger partial charge is 0.273 e. The molecule has 0 saturated carbocycles. The molecule has 0 aliphatic carbocycles. The molecule has 1 aliphatic rings. The number of benzene rings is 2. The molecule has 5 nitrogen and oxygen atoms in total. The number of nitrogens with zero attached hydrogens (tertiary/aromatic N) is 4. The van der Waals surface area contributed by atoms with Gasteiger partial charge in [-0.05, 0) is 43.0 Å². The zero-order valence-corrected chi connectivity index (χ0v) is 17.5. The van der Waals surface area contributed by atoms with Gasteiger partial charge in [0.1, 0.15) is 10.7 Å². The summed E-state index contributed by atoms with van der Waals surface area (Å²) in [7, 11) is 0. The van der Waals surface area contributed by atoms with E-state index >= 15 is 0 Å². The monoisotopic (exact) mass is 414 g/mol. The quantitative estimate of drug-likeness (QED) is 0.456. The minimum Gasteiger partial charge on any atom is -0.330 e. The summed E-state index contributed by atoms with van der Waals surface area (Å²) < 4.78 is 1.83. The van der Waals surface area contributed by atoms with Crippen molar-refractivity contribution in [2.24, 2.45) is 0 Å². The first-order chi connectivity index (χ1) is 14.7. The molecule has 6 heteroatoms. The first kappa shape index (κ1) is 18.8. The van der Waals surface area contributed by atoms with Gasteiger partial charge in [-0.2, -0.15) is 5.10 Å². The molecule has 1 saturated heterocycles. The van der Waals surface area contributed by atoms with Crippen LogP contribution < -0.4 is 0 Å². The number of likely N-dealkylation sites (tertiary alicyclic amines) is 1. The molecule has 0 N–H and O–H groups in total. The Labute approximate surface area is 179 Å². The van der Waals surface area contributed by atoms with Gasteiger partial charge in [-0.3, -0.25) is 4.79 Å². The van der Waals surface area contributed by atoms with E-state index in [0.717, 1.165) is 35.6 Å². The molecule has 1 aliphatic heterocycles. The second-order valence-corrected chi connectivity index (χ2v) is 8.42. The summed E-state index contributed by atoms with van der Waals surface area (Å²) in [4.78, 5) is 19.9. The summed E-state index contributed by atoms with van der Waals surface area (Å²) in [6.07, 6.45) is 5.77. The zero-order chi connectivity index (χ0) is 20.5. The van der Waals surface area contributed by atoms with E-state index in [9.17, 15) is 4.79 Å². The minimum atomic E-state index is 0.0127. The van der Waals surface area contributed by atoms with Gasteiger partial charge in [-0.15, -0.1) is 11.3 Å². The Morgan fingerprint density at radius 1 is 1.10 bits per heavy atom. The fourth-order valence-corrected chi connectivity index (χ4v) is 4.87. The number of aryl methyl sites for hydroxylation is 1. The van der Waals surface area contributed by atoms with Gasteiger partial charge >= 0.3 is 0 Å². The van der Waals surface area contributed by atoms with Crippen LogP contribution in [0.15, 0.2) is 72.4 Å². The van der Waals surface area contributed by atoms with Gasteiger partial charge in [0.25, 0.3) is 5.91 Å². The summed E-state index contributed by atoms with van der Waals surface area (Å²) in [5.41, 5.74) is 4.90. The van der Waals surface area contributed by atoms with Crippen LogP contribution in [0.1, 0.15) is 40.5 Å². The third-order valence-corrected chi connectivity index (χ3v) is 6.53. The molecule has 0 spiro atoms. The lowest BCUT2D eigenvalue weighted by atomic mass is 9.99. The summed E-state index contributed by atoms with van der Waals surface area (Å²) in [6.45, 7) is 2.89. The lowest BCUT2D eigenvalue weighted by Gasteiger charge is -2.25. The van der Waals surface area contributed by atoms with Crippen LogP contribution in [0, 0.1) is 6.92 Å². The van der Waals surface area contributed by atoms with Crippen molar-refractivity contribution >= 4 is 17.2 Å². The van der Waals surface area contributed by atoms with Crippen molar-refractivity contribution in [3.05, 3.63) is 89.2 Å². The van der Waals surface area contributed by atoms with Crippen molar-refractivity contribution < 1.29 is 4.79 Å². The molecule has 2 aromatic carbocycles. The molecule has 3 heterocycles. The lowest BCUT2D eigenvalue weighted by molar-refractivity contribution is 0.0730. The second-order valence-electron chi connectivity index (χ2n) is 7.56. The Morgan fingerprint density at radius 3 is 2.73 bits per heavy atom. The maximum atomic E-state index is 13.3. The number of thiazole rings is 1. The largest absolute Gasteiger partial charge is 0.330 e. The predicted molar refractivity (Wildman–Crippen MR) is 119 cm³/mol. The Kier molecular flexibility index (Phi) is 4.93. The van der Waals surface area contributed by atoms with E-state index in [2.05, 4.69) is 35.2 Å². The zero-order valence-electron chi connectivity index (χ0n) is 16.7. The van der Waals surface area contributed by atoms with Crippen LogP contribution in [0.3, 0.4) is 0 Å². The fraction of sp³-hybridized carbons (Fsp3) is 0.208. The molecule has 5 rings (SSSR count). The minimum absolute atomic E-state index is 0.0127. The number of hydrogen-bond acceptors (Lipinski definition) is 4. The van der Waals surface area contributed by atoms with Gasteiger partial charge in [0, 0.05) is 23.7 Å². The van der Waals surface area contributed by atoms with Crippen molar-refractivity contribution in [2.75, 3.05) is 6.54 Å². The normalized spacial score (nSPS) is 16.2. The molecule has 0 bridgehead atoms. The first-order valence-corrected chi connectivity index (χ1v) is 11.0. The summed E-state index contributed by atoms with van der Waals surface area (Å²) in [6, 6.07) is 18.4.